The molecule has 1 aromatic heterocycles. The molecule has 0 fully saturated rings. The van der Waals surface area contributed by atoms with E-state index < -0.39 is 0 Å². The lowest BCUT2D eigenvalue weighted by molar-refractivity contribution is -0.113. The fourth-order valence-corrected chi connectivity index (χ4v) is 4.47. The Hall–Kier alpha value is -2.71. The molecule has 0 radical (unpaired) electrons. The van der Waals surface area contributed by atoms with E-state index in [0.29, 0.717) is 17.0 Å². The molecule has 1 atom stereocenters. The third kappa shape index (κ3) is 5.85. The number of halogens is 1. The van der Waals surface area contributed by atoms with Crippen molar-refractivity contribution in [3.8, 4) is 5.69 Å². The van der Waals surface area contributed by atoms with E-state index >= 15 is 0 Å². The van der Waals surface area contributed by atoms with Crippen molar-refractivity contribution in [3.63, 3.8) is 0 Å². The van der Waals surface area contributed by atoms with Crippen LogP contribution in [0.4, 0.5) is 10.1 Å². The number of aromatic nitrogens is 3. The lowest BCUT2D eigenvalue weighted by Crippen LogP contribution is -2.21. The molecule has 3 rings (SSSR count). The fourth-order valence-electron chi connectivity index (χ4n) is 3.71. The smallest absolute Gasteiger partial charge is 0.234 e. The van der Waals surface area contributed by atoms with Gasteiger partial charge in [0.2, 0.25) is 5.91 Å². The molecule has 0 aliphatic carbocycles. The van der Waals surface area contributed by atoms with Crippen LogP contribution in [0.15, 0.2) is 47.6 Å². The zero-order valence-electron chi connectivity index (χ0n) is 21.0. The minimum absolute atomic E-state index is 0.0211. The summed E-state index contributed by atoms with van der Waals surface area (Å²) in [5.41, 5.74) is 3.91. The Balaban J connectivity index is 1.86. The van der Waals surface area contributed by atoms with Gasteiger partial charge in [-0.2, -0.15) is 0 Å². The molecule has 1 N–H and O–H groups in total. The average Bonchev–Trinajstić information content (AvgIpc) is 3.21. The van der Waals surface area contributed by atoms with E-state index in [9.17, 15) is 9.18 Å². The zero-order valence-corrected chi connectivity index (χ0v) is 21.8. The molecule has 34 heavy (non-hydrogen) atoms. The number of nitrogens with zero attached hydrogens (tertiary/aromatic N) is 4. The van der Waals surface area contributed by atoms with E-state index in [2.05, 4.69) is 55.3 Å². The minimum atomic E-state index is -0.308. The number of carbonyl (C=O) groups excluding carboxylic acids is 1. The van der Waals surface area contributed by atoms with Gasteiger partial charge in [-0.15, -0.1) is 10.2 Å². The number of amides is 1. The second kappa shape index (κ2) is 11.1. The van der Waals surface area contributed by atoms with Gasteiger partial charge in [0.15, 0.2) is 11.0 Å². The summed E-state index contributed by atoms with van der Waals surface area (Å²) in [5, 5.41) is 12.5. The van der Waals surface area contributed by atoms with Gasteiger partial charge in [0, 0.05) is 11.4 Å². The summed E-state index contributed by atoms with van der Waals surface area (Å²) in [6.07, 6.45) is 0. The summed E-state index contributed by atoms with van der Waals surface area (Å²) in [7, 11) is 3.93. The molecule has 1 heterocycles. The van der Waals surface area contributed by atoms with Crippen molar-refractivity contribution in [2.24, 2.45) is 0 Å². The minimum Gasteiger partial charge on any atom is -0.325 e. The zero-order chi connectivity index (χ0) is 25.0. The quantitative estimate of drug-likeness (QED) is 0.378. The summed E-state index contributed by atoms with van der Waals surface area (Å²) in [6, 6.07) is 12.4. The third-order valence-electron chi connectivity index (χ3n) is 5.86. The predicted molar refractivity (Wildman–Crippen MR) is 137 cm³/mol. The van der Waals surface area contributed by atoms with Crippen molar-refractivity contribution in [1.29, 1.82) is 0 Å². The number of anilines is 1. The summed E-state index contributed by atoms with van der Waals surface area (Å²) in [6.45, 7) is 10.5. The van der Waals surface area contributed by atoms with Gasteiger partial charge in [0.1, 0.15) is 5.82 Å². The Morgan fingerprint density at radius 2 is 1.59 bits per heavy atom. The normalized spacial score (nSPS) is 12.6. The molecule has 1 amide bonds. The van der Waals surface area contributed by atoms with Crippen LogP contribution >= 0.6 is 11.8 Å². The molecule has 8 heteroatoms. The van der Waals surface area contributed by atoms with E-state index in [1.165, 1.54) is 23.9 Å². The van der Waals surface area contributed by atoms with Crippen molar-refractivity contribution in [2.45, 2.75) is 57.7 Å². The summed E-state index contributed by atoms with van der Waals surface area (Å²) in [5.74, 6) is 1.08. The topological polar surface area (TPSA) is 63.1 Å². The molecule has 0 aliphatic rings. The molecule has 0 unspecified atom stereocenters. The lowest BCUT2D eigenvalue weighted by Gasteiger charge is -2.21. The van der Waals surface area contributed by atoms with Gasteiger partial charge in [-0.3, -0.25) is 14.3 Å². The molecule has 0 spiro atoms. The van der Waals surface area contributed by atoms with Gasteiger partial charge in [-0.25, -0.2) is 4.39 Å². The molecule has 2 aromatic carbocycles. The molecule has 0 bridgehead atoms. The molecular formula is C26H34FN5OS. The van der Waals surface area contributed by atoms with Crippen LogP contribution in [0.2, 0.25) is 0 Å². The summed E-state index contributed by atoms with van der Waals surface area (Å²) in [4.78, 5) is 15.1. The maximum absolute atomic E-state index is 13.5. The molecule has 0 saturated carbocycles. The Labute approximate surface area is 206 Å². The Kier molecular flexibility index (Phi) is 8.49. The first kappa shape index (κ1) is 25.9. The number of hydrogen-bond donors (Lipinski definition) is 1. The van der Waals surface area contributed by atoms with Crippen LogP contribution in [0.5, 0.6) is 0 Å². The lowest BCUT2D eigenvalue weighted by atomic mass is 9.92. The van der Waals surface area contributed by atoms with Crippen molar-refractivity contribution in [2.75, 3.05) is 25.2 Å². The number of para-hydroxylation sites is 1. The van der Waals surface area contributed by atoms with Crippen molar-refractivity contribution in [1.82, 2.24) is 19.7 Å². The summed E-state index contributed by atoms with van der Waals surface area (Å²) < 4.78 is 15.4. The van der Waals surface area contributed by atoms with E-state index in [1.54, 1.807) is 12.1 Å². The van der Waals surface area contributed by atoms with Crippen LogP contribution in [-0.2, 0) is 4.79 Å². The fraction of sp³-hybridized carbons (Fsp3) is 0.423. The highest BCUT2D eigenvalue weighted by Gasteiger charge is 2.22. The van der Waals surface area contributed by atoms with Crippen LogP contribution in [0.1, 0.15) is 69.4 Å². The largest absolute Gasteiger partial charge is 0.325 e. The van der Waals surface area contributed by atoms with Gasteiger partial charge < -0.3 is 5.32 Å². The monoisotopic (exact) mass is 483 g/mol. The van der Waals surface area contributed by atoms with Gasteiger partial charge >= 0.3 is 0 Å². The maximum atomic E-state index is 13.5. The van der Waals surface area contributed by atoms with E-state index in [1.807, 2.05) is 36.6 Å². The summed E-state index contributed by atoms with van der Waals surface area (Å²) >= 11 is 1.32. The van der Waals surface area contributed by atoms with Gasteiger partial charge in [0.05, 0.1) is 11.8 Å². The molecule has 6 nitrogen and oxygen atoms in total. The number of nitrogens with one attached hydrogen (secondary N) is 1. The van der Waals surface area contributed by atoms with E-state index in [-0.39, 0.29) is 23.5 Å². The first-order valence-corrected chi connectivity index (χ1v) is 12.5. The molecule has 3 aromatic rings. The van der Waals surface area contributed by atoms with Crippen LogP contribution in [0.25, 0.3) is 5.69 Å². The van der Waals surface area contributed by atoms with E-state index in [4.69, 9.17) is 0 Å². The van der Waals surface area contributed by atoms with E-state index in [0.717, 1.165) is 28.3 Å². The standard InChI is InChI=1S/C26H34FN5OS/c1-16(2)21-9-8-10-22(17(3)4)24(21)28-23(33)15-34-26-30-29-25(18(5)31(6)7)32(26)20-13-11-19(27)12-14-20/h8-14,16-18H,15H2,1-7H3,(H,28,33)/t18-/m0/s1. The van der Waals surface area contributed by atoms with Crippen LogP contribution in [-0.4, -0.2) is 45.4 Å². The van der Waals surface area contributed by atoms with Crippen LogP contribution in [0, 0.1) is 5.82 Å². The van der Waals surface area contributed by atoms with Crippen molar-refractivity contribution in [3.05, 3.63) is 65.2 Å². The first-order valence-electron chi connectivity index (χ1n) is 11.5. The van der Waals surface area contributed by atoms with Gasteiger partial charge in [0.25, 0.3) is 0 Å². The van der Waals surface area contributed by atoms with Crippen LogP contribution in [0.3, 0.4) is 0 Å². The predicted octanol–water partition coefficient (Wildman–Crippen LogP) is 6.01. The molecule has 182 valence electrons. The number of rotatable bonds is 9. The Morgan fingerprint density at radius 1 is 1.00 bits per heavy atom. The highest BCUT2D eigenvalue weighted by molar-refractivity contribution is 7.99. The number of benzene rings is 2. The number of thioether (sulfide) groups is 1. The molecule has 0 aliphatic heterocycles. The Morgan fingerprint density at radius 3 is 2.12 bits per heavy atom. The van der Waals surface area contributed by atoms with Gasteiger partial charge in [-0.1, -0.05) is 57.7 Å². The number of carbonyl (C=O) groups is 1. The average molecular weight is 484 g/mol. The third-order valence-corrected chi connectivity index (χ3v) is 6.79. The second-order valence-corrected chi connectivity index (χ2v) is 10.2. The van der Waals surface area contributed by atoms with Crippen LogP contribution < -0.4 is 5.32 Å². The molecular weight excluding hydrogens is 449 g/mol. The number of hydrogen-bond acceptors (Lipinski definition) is 5. The Bertz CT molecular complexity index is 1100. The second-order valence-electron chi connectivity index (χ2n) is 9.25. The van der Waals surface area contributed by atoms with Crippen molar-refractivity contribution >= 4 is 23.4 Å². The first-order chi connectivity index (χ1) is 16.1. The highest BCUT2D eigenvalue weighted by Crippen LogP contribution is 2.33. The SMILES string of the molecule is CC(C)c1cccc(C(C)C)c1NC(=O)CSc1nnc([C@H](C)N(C)C)n1-c1ccc(F)cc1. The maximum Gasteiger partial charge on any atom is 0.234 e. The van der Waals surface area contributed by atoms with Crippen molar-refractivity contribution < 1.29 is 9.18 Å². The van der Waals surface area contributed by atoms with Gasteiger partial charge in [-0.05, 0) is 68.2 Å². The highest BCUT2D eigenvalue weighted by atomic mass is 32.2. The molecule has 0 saturated heterocycles.